The van der Waals surface area contributed by atoms with Crippen LogP contribution in [0.3, 0.4) is 0 Å². The number of hydrogen-bond acceptors (Lipinski definition) is 3. The molecule has 0 aliphatic carbocycles. The highest BCUT2D eigenvalue weighted by molar-refractivity contribution is 9.10. The summed E-state index contributed by atoms with van der Waals surface area (Å²) in [5, 5.41) is 6.58. The lowest BCUT2D eigenvalue weighted by Gasteiger charge is -2.17. The van der Waals surface area contributed by atoms with Crippen LogP contribution in [0.2, 0.25) is 0 Å². The van der Waals surface area contributed by atoms with Crippen molar-refractivity contribution in [3.63, 3.8) is 0 Å². The molecule has 0 amide bonds. The van der Waals surface area contributed by atoms with E-state index in [1.807, 2.05) is 19.1 Å². The summed E-state index contributed by atoms with van der Waals surface area (Å²) in [7, 11) is 0. The Balaban J connectivity index is 2.08. The van der Waals surface area contributed by atoms with Gasteiger partial charge < -0.3 is 5.32 Å². The molecule has 1 aromatic heterocycles. The van der Waals surface area contributed by atoms with Gasteiger partial charge in [-0.25, -0.2) is 9.37 Å². The summed E-state index contributed by atoms with van der Waals surface area (Å²) in [4.78, 5) is 4.49. The SMILES string of the molecule is CCNC(Cc1nc(C)cs1)Cc1ccc(Br)cc1F. The van der Waals surface area contributed by atoms with Crippen molar-refractivity contribution in [2.45, 2.75) is 32.7 Å². The molecule has 2 aromatic rings. The van der Waals surface area contributed by atoms with Crippen molar-refractivity contribution in [3.8, 4) is 0 Å². The van der Waals surface area contributed by atoms with E-state index < -0.39 is 0 Å². The largest absolute Gasteiger partial charge is 0.314 e. The van der Waals surface area contributed by atoms with Gasteiger partial charge in [-0.05, 0) is 37.6 Å². The van der Waals surface area contributed by atoms with E-state index in [1.165, 1.54) is 6.07 Å². The van der Waals surface area contributed by atoms with Gasteiger partial charge >= 0.3 is 0 Å². The second-order valence-corrected chi connectivity index (χ2v) is 6.64. The van der Waals surface area contributed by atoms with Crippen LogP contribution in [0.15, 0.2) is 28.1 Å². The minimum absolute atomic E-state index is 0.155. The van der Waals surface area contributed by atoms with E-state index in [9.17, 15) is 4.39 Å². The third kappa shape index (κ3) is 4.36. The molecule has 0 radical (unpaired) electrons. The summed E-state index contributed by atoms with van der Waals surface area (Å²) in [5.41, 5.74) is 1.79. The second kappa shape index (κ2) is 7.29. The third-order valence-corrected chi connectivity index (χ3v) is 4.54. The number of halogens is 2. The van der Waals surface area contributed by atoms with Gasteiger partial charge in [-0.2, -0.15) is 0 Å². The Morgan fingerprint density at radius 1 is 1.40 bits per heavy atom. The van der Waals surface area contributed by atoms with Gasteiger partial charge in [0.25, 0.3) is 0 Å². The van der Waals surface area contributed by atoms with Gasteiger partial charge in [0.1, 0.15) is 5.82 Å². The first kappa shape index (κ1) is 15.6. The standard InChI is InChI=1S/C15H18BrFN2S/c1-3-18-13(8-15-19-10(2)9-20-15)6-11-4-5-12(16)7-14(11)17/h4-5,7,9,13,18H,3,6,8H2,1-2H3. The van der Waals surface area contributed by atoms with Gasteiger partial charge in [0.2, 0.25) is 0 Å². The fourth-order valence-electron chi connectivity index (χ4n) is 2.17. The van der Waals surface area contributed by atoms with Crippen molar-refractivity contribution in [2.24, 2.45) is 0 Å². The molecule has 1 heterocycles. The Kier molecular flexibility index (Phi) is 5.69. The lowest BCUT2D eigenvalue weighted by molar-refractivity contribution is 0.504. The van der Waals surface area contributed by atoms with E-state index in [-0.39, 0.29) is 11.9 Å². The number of benzene rings is 1. The highest BCUT2D eigenvalue weighted by Crippen LogP contribution is 2.18. The predicted octanol–water partition coefficient (Wildman–Crippen LogP) is 4.12. The summed E-state index contributed by atoms with van der Waals surface area (Å²) in [5.74, 6) is -0.155. The van der Waals surface area contributed by atoms with Gasteiger partial charge in [0.15, 0.2) is 0 Å². The lowest BCUT2D eigenvalue weighted by atomic mass is 10.0. The number of likely N-dealkylation sites (N-methyl/N-ethyl adjacent to an activating group) is 1. The van der Waals surface area contributed by atoms with Crippen LogP contribution in [-0.4, -0.2) is 17.6 Å². The molecule has 20 heavy (non-hydrogen) atoms. The highest BCUT2D eigenvalue weighted by atomic mass is 79.9. The fraction of sp³-hybridized carbons (Fsp3) is 0.400. The average Bonchev–Trinajstić information content (AvgIpc) is 2.78. The molecule has 2 rings (SSSR count). The zero-order chi connectivity index (χ0) is 14.5. The van der Waals surface area contributed by atoms with Crippen LogP contribution in [0, 0.1) is 12.7 Å². The summed E-state index contributed by atoms with van der Waals surface area (Å²) >= 11 is 4.95. The monoisotopic (exact) mass is 356 g/mol. The number of nitrogens with zero attached hydrogens (tertiary/aromatic N) is 1. The van der Waals surface area contributed by atoms with Crippen LogP contribution in [0.1, 0.15) is 23.2 Å². The van der Waals surface area contributed by atoms with Gasteiger partial charge in [-0.15, -0.1) is 11.3 Å². The first-order valence-electron chi connectivity index (χ1n) is 6.66. The van der Waals surface area contributed by atoms with E-state index in [4.69, 9.17) is 0 Å². The number of hydrogen-bond donors (Lipinski definition) is 1. The molecule has 0 aliphatic heterocycles. The van der Waals surface area contributed by atoms with E-state index in [0.29, 0.717) is 6.42 Å². The molecule has 0 saturated carbocycles. The Labute approximate surface area is 131 Å². The molecule has 1 aromatic carbocycles. The lowest BCUT2D eigenvalue weighted by Crippen LogP contribution is -2.33. The predicted molar refractivity (Wildman–Crippen MR) is 85.8 cm³/mol. The molecule has 108 valence electrons. The zero-order valence-corrected chi connectivity index (χ0v) is 14.0. The number of thiazole rings is 1. The average molecular weight is 357 g/mol. The van der Waals surface area contributed by atoms with Gasteiger partial charge in [0, 0.05) is 28.0 Å². The minimum atomic E-state index is -0.155. The van der Waals surface area contributed by atoms with E-state index in [0.717, 1.165) is 33.7 Å². The van der Waals surface area contributed by atoms with Gasteiger partial charge in [0.05, 0.1) is 5.01 Å². The number of aryl methyl sites for hydroxylation is 1. The molecule has 1 N–H and O–H groups in total. The van der Waals surface area contributed by atoms with Crippen molar-refractivity contribution in [3.05, 3.63) is 50.1 Å². The first-order chi connectivity index (χ1) is 9.58. The molecular weight excluding hydrogens is 339 g/mol. The number of rotatable bonds is 6. The van der Waals surface area contributed by atoms with Crippen LogP contribution >= 0.6 is 27.3 Å². The second-order valence-electron chi connectivity index (χ2n) is 4.78. The molecule has 0 saturated heterocycles. The quantitative estimate of drug-likeness (QED) is 0.841. The van der Waals surface area contributed by atoms with E-state index in [1.54, 1.807) is 11.3 Å². The molecule has 0 spiro atoms. The van der Waals surface area contributed by atoms with Gasteiger partial charge in [-0.1, -0.05) is 28.9 Å². The Morgan fingerprint density at radius 3 is 2.80 bits per heavy atom. The molecule has 1 atom stereocenters. The van der Waals surface area contributed by atoms with E-state index >= 15 is 0 Å². The maximum atomic E-state index is 13.9. The molecular formula is C15H18BrFN2S. The smallest absolute Gasteiger partial charge is 0.127 e. The van der Waals surface area contributed by atoms with Crippen molar-refractivity contribution in [1.29, 1.82) is 0 Å². The molecule has 5 heteroatoms. The summed E-state index contributed by atoms with van der Waals surface area (Å²) < 4.78 is 14.7. The van der Waals surface area contributed by atoms with Crippen LogP contribution in [0.4, 0.5) is 4.39 Å². The summed E-state index contributed by atoms with van der Waals surface area (Å²) in [6, 6.07) is 5.46. The van der Waals surface area contributed by atoms with Crippen LogP contribution < -0.4 is 5.32 Å². The van der Waals surface area contributed by atoms with Gasteiger partial charge in [-0.3, -0.25) is 0 Å². The van der Waals surface area contributed by atoms with Crippen molar-refractivity contribution in [1.82, 2.24) is 10.3 Å². The molecule has 1 unspecified atom stereocenters. The zero-order valence-electron chi connectivity index (χ0n) is 11.6. The summed E-state index contributed by atoms with van der Waals surface area (Å²) in [6.07, 6.45) is 1.51. The maximum Gasteiger partial charge on any atom is 0.127 e. The Morgan fingerprint density at radius 2 is 2.20 bits per heavy atom. The third-order valence-electron chi connectivity index (χ3n) is 3.06. The van der Waals surface area contributed by atoms with Crippen LogP contribution in [-0.2, 0) is 12.8 Å². The first-order valence-corrected chi connectivity index (χ1v) is 8.34. The molecule has 0 bridgehead atoms. The maximum absolute atomic E-state index is 13.9. The minimum Gasteiger partial charge on any atom is -0.314 e. The number of aromatic nitrogens is 1. The van der Waals surface area contributed by atoms with Crippen molar-refractivity contribution >= 4 is 27.3 Å². The Hall–Kier alpha value is -0.780. The van der Waals surface area contributed by atoms with Crippen LogP contribution in [0.5, 0.6) is 0 Å². The fourth-order valence-corrected chi connectivity index (χ4v) is 3.35. The van der Waals surface area contributed by atoms with Crippen molar-refractivity contribution in [2.75, 3.05) is 6.54 Å². The Bertz CT molecular complexity index is 571. The topological polar surface area (TPSA) is 24.9 Å². The molecule has 0 aliphatic rings. The highest BCUT2D eigenvalue weighted by Gasteiger charge is 2.14. The summed E-state index contributed by atoms with van der Waals surface area (Å²) in [6.45, 7) is 4.93. The van der Waals surface area contributed by atoms with Crippen LogP contribution in [0.25, 0.3) is 0 Å². The normalized spacial score (nSPS) is 12.6. The molecule has 0 fully saturated rings. The molecule has 2 nitrogen and oxygen atoms in total. The van der Waals surface area contributed by atoms with Crippen molar-refractivity contribution < 1.29 is 4.39 Å². The number of nitrogens with one attached hydrogen (secondary N) is 1. The van der Waals surface area contributed by atoms with E-state index in [2.05, 4.69) is 38.5 Å².